The zero-order valence-corrected chi connectivity index (χ0v) is 20.7. The molecule has 0 amide bonds. The molecule has 8 aromatic rings. The fraction of sp³-hybridized carbons (Fsp3) is 0. The molecule has 3 heterocycles. The third-order valence-corrected chi connectivity index (χ3v) is 8.37. The minimum Gasteiger partial charge on any atom is -0.248 e. The molecule has 0 unspecified atom stereocenters. The van der Waals surface area contributed by atoms with Gasteiger partial charge in [0.2, 0.25) is 0 Å². The summed E-state index contributed by atoms with van der Waals surface area (Å²) in [4.78, 5) is 10.2. The van der Waals surface area contributed by atoms with Gasteiger partial charge in [-0.1, -0.05) is 84.9 Å². The lowest BCUT2D eigenvalue weighted by Gasteiger charge is -2.12. The Bertz CT molecular complexity index is 2160. The maximum Gasteiger partial charge on any atom is 0.0788 e. The van der Waals surface area contributed by atoms with Crippen molar-refractivity contribution < 1.29 is 0 Å². The second-order valence-electron chi connectivity index (χ2n) is 9.41. The number of nitrogens with zero attached hydrogens (tertiary/aromatic N) is 2. The van der Waals surface area contributed by atoms with Crippen LogP contribution in [0.3, 0.4) is 0 Å². The molecule has 0 saturated heterocycles. The van der Waals surface area contributed by atoms with E-state index < -0.39 is 0 Å². The summed E-state index contributed by atoms with van der Waals surface area (Å²) in [5, 5.41) is 7.44. The molecule has 0 fully saturated rings. The number of para-hydroxylation sites is 2. The average molecular weight is 489 g/mol. The molecule has 0 aliphatic carbocycles. The number of fused-ring (bicyclic) bond motifs is 8. The number of hydrogen-bond donors (Lipinski definition) is 0. The molecule has 8 rings (SSSR count). The van der Waals surface area contributed by atoms with Crippen molar-refractivity contribution in [1.82, 2.24) is 9.97 Å². The molecular formula is C34H20N2S. The zero-order valence-electron chi connectivity index (χ0n) is 19.8. The Morgan fingerprint density at radius 2 is 1.24 bits per heavy atom. The molecule has 0 spiro atoms. The molecule has 5 aromatic carbocycles. The highest BCUT2D eigenvalue weighted by atomic mass is 32.1. The Morgan fingerprint density at radius 1 is 0.459 bits per heavy atom. The molecule has 172 valence electrons. The lowest BCUT2D eigenvalue weighted by molar-refractivity contribution is 1.39. The second kappa shape index (κ2) is 7.95. The average Bonchev–Trinajstić information content (AvgIpc) is 3.35. The number of pyridine rings is 2. The number of rotatable bonds is 2. The summed E-state index contributed by atoms with van der Waals surface area (Å²) in [6.45, 7) is 0. The normalized spacial score (nSPS) is 11.8. The van der Waals surface area contributed by atoms with Crippen LogP contribution in [0.2, 0.25) is 0 Å². The molecule has 0 aliphatic rings. The van der Waals surface area contributed by atoms with E-state index in [2.05, 4.69) is 115 Å². The highest BCUT2D eigenvalue weighted by Crippen LogP contribution is 2.43. The standard InChI is InChI=1S/C34H20N2S/c1-4-13-27-21(8-1)16-18-28(35-27)22-9-7-10-23(20-22)34-26-17-19-31-33(25-12-3-6-15-30(25)37-31)32(26)24-11-2-5-14-29(24)36-34/h1-20H. The van der Waals surface area contributed by atoms with Crippen LogP contribution in [0.15, 0.2) is 121 Å². The number of aromatic nitrogens is 2. The summed E-state index contributed by atoms with van der Waals surface area (Å²) in [7, 11) is 0. The summed E-state index contributed by atoms with van der Waals surface area (Å²) in [5.74, 6) is 0. The Hall–Kier alpha value is -4.60. The van der Waals surface area contributed by atoms with Crippen molar-refractivity contribution in [2.24, 2.45) is 0 Å². The van der Waals surface area contributed by atoms with Crippen molar-refractivity contribution in [3.05, 3.63) is 121 Å². The monoisotopic (exact) mass is 488 g/mol. The van der Waals surface area contributed by atoms with E-state index in [0.717, 1.165) is 38.9 Å². The summed E-state index contributed by atoms with van der Waals surface area (Å²) in [5.41, 5.74) is 6.19. The van der Waals surface area contributed by atoms with Gasteiger partial charge in [0.25, 0.3) is 0 Å². The molecule has 3 aromatic heterocycles. The summed E-state index contributed by atoms with van der Waals surface area (Å²) < 4.78 is 2.63. The van der Waals surface area contributed by atoms with Crippen LogP contribution in [-0.2, 0) is 0 Å². The SMILES string of the molecule is c1cc(-c2ccc3ccccc3n2)cc(-c2nc3ccccc3c3c2ccc2sc4ccccc4c23)c1. The van der Waals surface area contributed by atoms with Gasteiger partial charge in [-0.2, -0.15) is 0 Å². The van der Waals surface area contributed by atoms with E-state index in [9.17, 15) is 0 Å². The molecule has 0 N–H and O–H groups in total. The first-order valence-corrected chi connectivity index (χ1v) is 13.2. The predicted molar refractivity (Wildman–Crippen MR) is 158 cm³/mol. The molecule has 0 saturated carbocycles. The molecular weight excluding hydrogens is 468 g/mol. The zero-order chi connectivity index (χ0) is 24.3. The van der Waals surface area contributed by atoms with Gasteiger partial charge in [0.05, 0.1) is 22.4 Å². The van der Waals surface area contributed by atoms with Crippen LogP contribution >= 0.6 is 11.3 Å². The number of benzene rings is 5. The van der Waals surface area contributed by atoms with Gasteiger partial charge in [-0.25, -0.2) is 9.97 Å². The van der Waals surface area contributed by atoms with E-state index in [1.807, 2.05) is 17.4 Å². The quantitative estimate of drug-likeness (QED) is 0.226. The van der Waals surface area contributed by atoms with Crippen molar-refractivity contribution in [3.63, 3.8) is 0 Å². The van der Waals surface area contributed by atoms with Crippen LogP contribution in [-0.4, -0.2) is 9.97 Å². The Balaban J connectivity index is 1.43. The van der Waals surface area contributed by atoms with Crippen LogP contribution in [0.4, 0.5) is 0 Å². The lowest BCUT2D eigenvalue weighted by atomic mass is 9.95. The smallest absolute Gasteiger partial charge is 0.0788 e. The number of thiophene rings is 1. The molecule has 37 heavy (non-hydrogen) atoms. The van der Waals surface area contributed by atoms with Gasteiger partial charge in [0.1, 0.15) is 0 Å². The van der Waals surface area contributed by atoms with E-state index in [1.165, 1.54) is 36.3 Å². The maximum absolute atomic E-state index is 5.21. The van der Waals surface area contributed by atoms with Crippen LogP contribution in [0.5, 0.6) is 0 Å². The predicted octanol–water partition coefficient (Wildman–Crippen LogP) is 9.64. The highest BCUT2D eigenvalue weighted by molar-refractivity contribution is 7.26. The van der Waals surface area contributed by atoms with E-state index in [1.54, 1.807) is 0 Å². The van der Waals surface area contributed by atoms with Crippen molar-refractivity contribution in [1.29, 1.82) is 0 Å². The van der Waals surface area contributed by atoms with E-state index >= 15 is 0 Å². The van der Waals surface area contributed by atoms with Gasteiger partial charge in [0, 0.05) is 52.8 Å². The van der Waals surface area contributed by atoms with Gasteiger partial charge in [-0.3, -0.25) is 0 Å². The first kappa shape index (κ1) is 20.6. The van der Waals surface area contributed by atoms with Crippen LogP contribution < -0.4 is 0 Å². The van der Waals surface area contributed by atoms with Crippen molar-refractivity contribution in [3.8, 4) is 22.5 Å². The molecule has 0 radical (unpaired) electrons. The third kappa shape index (κ3) is 3.18. The second-order valence-corrected chi connectivity index (χ2v) is 10.5. The van der Waals surface area contributed by atoms with Gasteiger partial charge in [-0.15, -0.1) is 11.3 Å². The van der Waals surface area contributed by atoms with E-state index in [4.69, 9.17) is 9.97 Å². The minimum absolute atomic E-state index is 0.969. The van der Waals surface area contributed by atoms with E-state index in [0.29, 0.717) is 0 Å². The Kier molecular flexibility index (Phi) is 4.42. The van der Waals surface area contributed by atoms with Gasteiger partial charge in [0.15, 0.2) is 0 Å². The molecule has 2 nitrogen and oxygen atoms in total. The summed E-state index contributed by atoms with van der Waals surface area (Å²) >= 11 is 1.86. The molecule has 3 heteroatoms. The fourth-order valence-electron chi connectivity index (χ4n) is 5.53. The summed E-state index contributed by atoms with van der Waals surface area (Å²) in [6.07, 6.45) is 0. The van der Waals surface area contributed by atoms with Crippen molar-refractivity contribution in [2.75, 3.05) is 0 Å². The van der Waals surface area contributed by atoms with Crippen LogP contribution in [0.25, 0.3) is 75.3 Å². The molecule has 0 bridgehead atoms. The van der Waals surface area contributed by atoms with Gasteiger partial charge in [-0.05, 0) is 36.4 Å². The lowest BCUT2D eigenvalue weighted by Crippen LogP contribution is -1.91. The number of hydrogen-bond acceptors (Lipinski definition) is 3. The van der Waals surface area contributed by atoms with Gasteiger partial charge < -0.3 is 0 Å². The maximum atomic E-state index is 5.21. The van der Waals surface area contributed by atoms with Crippen molar-refractivity contribution in [2.45, 2.75) is 0 Å². The first-order valence-electron chi connectivity index (χ1n) is 12.4. The fourth-order valence-corrected chi connectivity index (χ4v) is 6.64. The Labute approximate surface area is 217 Å². The van der Waals surface area contributed by atoms with Crippen LogP contribution in [0.1, 0.15) is 0 Å². The third-order valence-electron chi connectivity index (χ3n) is 7.23. The van der Waals surface area contributed by atoms with Gasteiger partial charge >= 0.3 is 0 Å². The highest BCUT2D eigenvalue weighted by Gasteiger charge is 2.16. The van der Waals surface area contributed by atoms with Crippen LogP contribution in [0, 0.1) is 0 Å². The minimum atomic E-state index is 0.969. The van der Waals surface area contributed by atoms with Crippen molar-refractivity contribution >= 4 is 64.1 Å². The largest absolute Gasteiger partial charge is 0.248 e. The molecule has 0 atom stereocenters. The summed E-state index contributed by atoms with van der Waals surface area (Å²) in [6, 6.07) is 42.9. The first-order chi connectivity index (χ1) is 18.3. The Morgan fingerprint density at radius 3 is 2.19 bits per heavy atom. The molecule has 0 aliphatic heterocycles. The topological polar surface area (TPSA) is 25.8 Å². The van der Waals surface area contributed by atoms with E-state index in [-0.39, 0.29) is 0 Å².